The number of ether oxygens (including phenoxy) is 1. The molecule has 1 heterocycles. The summed E-state index contributed by atoms with van der Waals surface area (Å²) >= 11 is 0. The number of rotatable bonds is 2. The molecule has 1 saturated heterocycles. The molecule has 0 aliphatic carbocycles. The fraction of sp³-hybridized carbons (Fsp3) is 0.562. The Morgan fingerprint density at radius 3 is 2.50 bits per heavy atom. The number of nitrogens with one attached hydrogen (secondary N) is 1. The predicted molar refractivity (Wildman–Crippen MR) is 79.8 cm³/mol. The van der Waals surface area contributed by atoms with E-state index in [1.54, 1.807) is 0 Å². The van der Waals surface area contributed by atoms with Crippen LogP contribution in [0.25, 0.3) is 0 Å². The Balaban J connectivity index is 2.04. The lowest BCUT2D eigenvalue weighted by molar-refractivity contribution is 0.0503. The molecule has 4 heteroatoms. The molecule has 1 aromatic carbocycles. The van der Waals surface area contributed by atoms with Gasteiger partial charge in [-0.1, -0.05) is 30.3 Å². The standard InChI is InChI=1S/C16H24N2O2/c1-16(2,3)20-15(19)17-14-11-18(4)10-13(14)12-8-6-5-7-9-12/h5-9,13-14H,10-11H2,1-4H3,(H,17,19)/t13-,14+/m0/s1. The molecule has 0 saturated carbocycles. The van der Waals surface area contributed by atoms with Crippen molar-refractivity contribution in [2.24, 2.45) is 0 Å². The van der Waals surface area contributed by atoms with Crippen LogP contribution in [0.1, 0.15) is 32.3 Å². The van der Waals surface area contributed by atoms with Crippen molar-refractivity contribution in [1.29, 1.82) is 0 Å². The molecule has 0 unspecified atom stereocenters. The first-order chi connectivity index (χ1) is 9.35. The molecule has 1 aliphatic rings. The van der Waals surface area contributed by atoms with E-state index < -0.39 is 5.60 Å². The molecule has 0 radical (unpaired) electrons. The minimum atomic E-state index is -0.461. The van der Waals surface area contributed by atoms with Crippen LogP contribution in [0.3, 0.4) is 0 Å². The van der Waals surface area contributed by atoms with Gasteiger partial charge in [0.1, 0.15) is 5.60 Å². The summed E-state index contributed by atoms with van der Waals surface area (Å²) in [4.78, 5) is 14.2. The fourth-order valence-corrected chi connectivity index (χ4v) is 2.64. The molecule has 20 heavy (non-hydrogen) atoms. The molecule has 1 aliphatic heterocycles. The van der Waals surface area contributed by atoms with E-state index in [9.17, 15) is 4.79 Å². The van der Waals surface area contributed by atoms with E-state index in [-0.39, 0.29) is 12.1 Å². The van der Waals surface area contributed by atoms with E-state index >= 15 is 0 Å². The number of benzene rings is 1. The molecule has 110 valence electrons. The van der Waals surface area contributed by atoms with Gasteiger partial charge in [0.25, 0.3) is 0 Å². The SMILES string of the molecule is CN1C[C@@H](NC(=O)OC(C)(C)C)[C@H](c2ccccc2)C1. The first-order valence-corrected chi connectivity index (χ1v) is 7.08. The lowest BCUT2D eigenvalue weighted by atomic mass is 9.94. The number of likely N-dealkylation sites (N-methyl/N-ethyl adjacent to an activating group) is 1. The maximum absolute atomic E-state index is 11.9. The van der Waals surface area contributed by atoms with Gasteiger partial charge in [0.15, 0.2) is 0 Å². The van der Waals surface area contributed by atoms with Crippen LogP contribution in [0.2, 0.25) is 0 Å². The summed E-state index contributed by atoms with van der Waals surface area (Å²) in [5.41, 5.74) is 0.800. The van der Waals surface area contributed by atoms with Crippen molar-refractivity contribution < 1.29 is 9.53 Å². The van der Waals surface area contributed by atoms with Gasteiger partial charge in [-0.3, -0.25) is 0 Å². The molecule has 1 aromatic rings. The third-order valence-electron chi connectivity index (χ3n) is 3.43. The highest BCUT2D eigenvalue weighted by molar-refractivity contribution is 5.68. The molecule has 1 N–H and O–H groups in total. The van der Waals surface area contributed by atoms with Crippen LogP contribution in [-0.2, 0) is 4.74 Å². The molecule has 2 rings (SSSR count). The van der Waals surface area contributed by atoms with Crippen LogP contribution in [0.5, 0.6) is 0 Å². The zero-order chi connectivity index (χ0) is 14.8. The van der Waals surface area contributed by atoms with Crippen LogP contribution >= 0.6 is 0 Å². The van der Waals surface area contributed by atoms with E-state index in [1.807, 2.05) is 39.0 Å². The third kappa shape index (κ3) is 3.97. The number of nitrogens with zero attached hydrogens (tertiary/aromatic N) is 1. The summed E-state index contributed by atoms with van der Waals surface area (Å²) in [6, 6.07) is 10.4. The number of alkyl carbamates (subject to hydrolysis) is 1. The zero-order valence-corrected chi connectivity index (χ0v) is 12.7. The first-order valence-electron chi connectivity index (χ1n) is 7.08. The molecule has 0 bridgehead atoms. The van der Waals surface area contributed by atoms with Crippen molar-refractivity contribution in [3.63, 3.8) is 0 Å². The van der Waals surface area contributed by atoms with Crippen LogP contribution in [0.15, 0.2) is 30.3 Å². The van der Waals surface area contributed by atoms with Gasteiger partial charge < -0.3 is 15.0 Å². The second kappa shape index (κ2) is 5.83. The summed E-state index contributed by atoms with van der Waals surface area (Å²) in [6.45, 7) is 7.43. The van der Waals surface area contributed by atoms with Crippen molar-refractivity contribution in [3.05, 3.63) is 35.9 Å². The zero-order valence-electron chi connectivity index (χ0n) is 12.7. The van der Waals surface area contributed by atoms with E-state index in [4.69, 9.17) is 4.74 Å². The van der Waals surface area contributed by atoms with Gasteiger partial charge in [0, 0.05) is 19.0 Å². The average molecular weight is 276 g/mol. The lowest BCUT2D eigenvalue weighted by Crippen LogP contribution is -2.42. The number of carbonyl (C=O) groups excluding carboxylic acids is 1. The van der Waals surface area contributed by atoms with Crippen LogP contribution in [-0.4, -0.2) is 42.8 Å². The minimum absolute atomic E-state index is 0.0947. The Morgan fingerprint density at radius 1 is 1.25 bits per heavy atom. The van der Waals surface area contributed by atoms with Crippen molar-refractivity contribution in [2.75, 3.05) is 20.1 Å². The highest BCUT2D eigenvalue weighted by Crippen LogP contribution is 2.26. The third-order valence-corrected chi connectivity index (χ3v) is 3.43. The van der Waals surface area contributed by atoms with Crippen molar-refractivity contribution in [1.82, 2.24) is 10.2 Å². The van der Waals surface area contributed by atoms with Gasteiger partial charge in [0.05, 0.1) is 6.04 Å². The van der Waals surface area contributed by atoms with Gasteiger partial charge in [0.2, 0.25) is 0 Å². The van der Waals surface area contributed by atoms with Crippen LogP contribution in [0.4, 0.5) is 4.79 Å². The fourth-order valence-electron chi connectivity index (χ4n) is 2.64. The van der Waals surface area contributed by atoms with Gasteiger partial charge >= 0.3 is 6.09 Å². The molecule has 4 nitrogen and oxygen atoms in total. The molecule has 1 amide bonds. The Labute approximate surface area is 121 Å². The number of hydrogen-bond acceptors (Lipinski definition) is 3. The largest absolute Gasteiger partial charge is 0.444 e. The van der Waals surface area contributed by atoms with Gasteiger partial charge in [-0.05, 0) is 33.4 Å². The number of carbonyl (C=O) groups is 1. The topological polar surface area (TPSA) is 41.6 Å². The molecular weight excluding hydrogens is 252 g/mol. The van der Waals surface area contributed by atoms with Crippen molar-refractivity contribution in [3.8, 4) is 0 Å². The van der Waals surface area contributed by atoms with Crippen LogP contribution < -0.4 is 5.32 Å². The summed E-state index contributed by atoms with van der Waals surface area (Å²) in [6.07, 6.45) is -0.335. The Bertz CT molecular complexity index is 453. The average Bonchev–Trinajstić information content (AvgIpc) is 2.68. The lowest BCUT2D eigenvalue weighted by Gasteiger charge is -2.24. The summed E-state index contributed by atoms with van der Waals surface area (Å²) in [5.74, 6) is 0.314. The molecule has 1 fully saturated rings. The van der Waals surface area contributed by atoms with Gasteiger partial charge in [-0.25, -0.2) is 4.79 Å². The van der Waals surface area contributed by atoms with Gasteiger partial charge in [-0.2, -0.15) is 0 Å². The summed E-state index contributed by atoms with van der Waals surface area (Å²) < 4.78 is 5.35. The highest BCUT2D eigenvalue weighted by atomic mass is 16.6. The monoisotopic (exact) mass is 276 g/mol. The highest BCUT2D eigenvalue weighted by Gasteiger charge is 2.33. The van der Waals surface area contributed by atoms with Gasteiger partial charge in [-0.15, -0.1) is 0 Å². The maximum Gasteiger partial charge on any atom is 0.407 e. The number of hydrogen-bond donors (Lipinski definition) is 1. The van der Waals surface area contributed by atoms with E-state index in [0.29, 0.717) is 5.92 Å². The van der Waals surface area contributed by atoms with Crippen molar-refractivity contribution in [2.45, 2.75) is 38.3 Å². The normalized spacial score (nSPS) is 23.6. The number of amides is 1. The second-order valence-electron chi connectivity index (χ2n) is 6.49. The Kier molecular flexibility index (Phi) is 4.33. The Hall–Kier alpha value is -1.55. The van der Waals surface area contributed by atoms with E-state index in [2.05, 4.69) is 29.4 Å². The van der Waals surface area contributed by atoms with E-state index in [1.165, 1.54) is 5.56 Å². The smallest absolute Gasteiger partial charge is 0.407 e. The molecular formula is C16H24N2O2. The molecule has 0 aromatic heterocycles. The van der Waals surface area contributed by atoms with Crippen LogP contribution in [0, 0.1) is 0 Å². The quantitative estimate of drug-likeness (QED) is 0.903. The summed E-state index contributed by atoms with van der Waals surface area (Å²) in [5, 5.41) is 3.01. The second-order valence-corrected chi connectivity index (χ2v) is 6.49. The van der Waals surface area contributed by atoms with E-state index in [0.717, 1.165) is 13.1 Å². The maximum atomic E-state index is 11.9. The minimum Gasteiger partial charge on any atom is -0.444 e. The number of likely N-dealkylation sites (tertiary alicyclic amines) is 1. The molecule has 0 spiro atoms. The predicted octanol–water partition coefficient (Wildman–Crippen LogP) is 2.61. The first kappa shape index (κ1) is 14.9. The Morgan fingerprint density at radius 2 is 1.90 bits per heavy atom. The van der Waals surface area contributed by atoms with Crippen molar-refractivity contribution >= 4 is 6.09 Å². The molecule has 2 atom stereocenters. The summed E-state index contributed by atoms with van der Waals surface area (Å²) in [7, 11) is 2.08.